The third kappa shape index (κ3) is 3.01. The summed E-state index contributed by atoms with van der Waals surface area (Å²) >= 11 is 0. The van der Waals surface area contributed by atoms with Gasteiger partial charge in [-0.3, -0.25) is 9.69 Å². The monoisotopic (exact) mass is 322 g/mol. The van der Waals surface area contributed by atoms with Crippen LogP contribution in [0.1, 0.15) is 19.8 Å². The predicted octanol–water partition coefficient (Wildman–Crippen LogP) is 1.29. The van der Waals surface area contributed by atoms with Crippen LogP contribution < -0.4 is 10.1 Å². The summed E-state index contributed by atoms with van der Waals surface area (Å²) in [5.41, 5.74) is -0.872. The zero-order valence-electron chi connectivity index (χ0n) is 12.8. The Morgan fingerprint density at radius 2 is 2.13 bits per heavy atom. The van der Waals surface area contributed by atoms with Gasteiger partial charge >= 0.3 is 6.03 Å². The number of nitrogens with zero attached hydrogens (tertiary/aromatic N) is 1. The van der Waals surface area contributed by atoms with E-state index in [1.807, 2.05) is 0 Å². The van der Waals surface area contributed by atoms with E-state index in [4.69, 9.17) is 4.74 Å². The molecular formula is C16H19FN2O4. The maximum Gasteiger partial charge on any atom is 0.325 e. The molecule has 0 radical (unpaired) electrons. The molecule has 1 saturated carbocycles. The second-order valence-electron chi connectivity index (χ2n) is 6.22. The minimum atomic E-state index is -1.09. The highest BCUT2D eigenvalue weighted by atomic mass is 19.1. The number of rotatable bonds is 6. The number of para-hydroxylation sites is 1. The van der Waals surface area contributed by atoms with Crippen LogP contribution in [0, 0.1) is 11.7 Å². The SMILES string of the molecule is C[C@@]1(C2CC2)NC(=O)N(C[C@@H](O)COc2ccccc2F)C1=O. The number of halogens is 1. The van der Waals surface area contributed by atoms with Crippen LogP contribution in [0.15, 0.2) is 24.3 Å². The molecule has 1 aromatic carbocycles. The normalized spacial score (nSPS) is 25.4. The summed E-state index contributed by atoms with van der Waals surface area (Å²) in [7, 11) is 0. The maximum absolute atomic E-state index is 13.4. The highest BCUT2D eigenvalue weighted by Gasteiger charge is 2.56. The van der Waals surface area contributed by atoms with Gasteiger partial charge in [-0.1, -0.05) is 12.1 Å². The first-order valence-electron chi connectivity index (χ1n) is 7.61. The third-order valence-corrected chi connectivity index (χ3v) is 4.36. The van der Waals surface area contributed by atoms with Crippen LogP contribution in [0.5, 0.6) is 5.75 Å². The fourth-order valence-corrected chi connectivity index (χ4v) is 2.83. The number of nitrogens with one attached hydrogen (secondary N) is 1. The zero-order chi connectivity index (χ0) is 16.6. The number of urea groups is 1. The second-order valence-corrected chi connectivity index (χ2v) is 6.22. The van der Waals surface area contributed by atoms with Gasteiger partial charge < -0.3 is 15.2 Å². The highest BCUT2D eigenvalue weighted by molar-refractivity contribution is 6.07. The van der Waals surface area contributed by atoms with E-state index in [2.05, 4.69) is 5.32 Å². The number of amides is 3. The van der Waals surface area contributed by atoms with Gasteiger partial charge in [-0.25, -0.2) is 9.18 Å². The van der Waals surface area contributed by atoms with Crippen molar-refractivity contribution in [1.82, 2.24) is 10.2 Å². The number of carbonyl (C=O) groups is 2. The highest BCUT2D eigenvalue weighted by Crippen LogP contribution is 2.42. The van der Waals surface area contributed by atoms with E-state index in [-0.39, 0.29) is 30.7 Å². The van der Waals surface area contributed by atoms with Crippen LogP contribution in [0.4, 0.5) is 9.18 Å². The fourth-order valence-electron chi connectivity index (χ4n) is 2.83. The first-order valence-corrected chi connectivity index (χ1v) is 7.61. The predicted molar refractivity (Wildman–Crippen MR) is 79.3 cm³/mol. The molecule has 1 aliphatic heterocycles. The number of aliphatic hydroxyl groups excluding tert-OH is 1. The number of aliphatic hydroxyl groups is 1. The largest absolute Gasteiger partial charge is 0.488 e. The molecular weight excluding hydrogens is 303 g/mol. The Kier molecular flexibility index (Phi) is 3.97. The Labute approximate surface area is 133 Å². The van der Waals surface area contributed by atoms with Crippen molar-refractivity contribution in [1.29, 1.82) is 0 Å². The van der Waals surface area contributed by atoms with Crippen molar-refractivity contribution in [3.63, 3.8) is 0 Å². The van der Waals surface area contributed by atoms with Gasteiger partial charge in [0.15, 0.2) is 11.6 Å². The van der Waals surface area contributed by atoms with Crippen molar-refractivity contribution >= 4 is 11.9 Å². The lowest BCUT2D eigenvalue weighted by atomic mass is 9.96. The van der Waals surface area contributed by atoms with Gasteiger partial charge in [-0.15, -0.1) is 0 Å². The average molecular weight is 322 g/mol. The molecule has 0 aromatic heterocycles. The molecule has 2 N–H and O–H groups in total. The molecule has 2 fully saturated rings. The van der Waals surface area contributed by atoms with Gasteiger partial charge in [0.05, 0.1) is 6.54 Å². The maximum atomic E-state index is 13.4. The smallest absolute Gasteiger partial charge is 0.325 e. The molecule has 124 valence electrons. The Bertz CT molecular complexity index is 634. The Morgan fingerprint density at radius 1 is 1.43 bits per heavy atom. The molecule has 0 unspecified atom stereocenters. The zero-order valence-corrected chi connectivity index (χ0v) is 12.8. The van der Waals surface area contributed by atoms with Crippen LogP contribution in [-0.2, 0) is 4.79 Å². The number of carbonyl (C=O) groups excluding carboxylic acids is 2. The molecule has 2 atom stereocenters. The standard InChI is InChI=1S/C16H19FN2O4/c1-16(10-6-7-10)14(21)19(15(22)18-16)8-11(20)9-23-13-5-3-2-4-12(13)17/h2-5,10-11,20H,6-9H2,1H3,(H,18,22)/t11-,16+/m1/s1. The molecule has 0 bridgehead atoms. The van der Waals surface area contributed by atoms with Gasteiger partial charge in [0.25, 0.3) is 5.91 Å². The number of hydrogen-bond donors (Lipinski definition) is 2. The second kappa shape index (κ2) is 5.81. The lowest BCUT2D eigenvalue weighted by molar-refractivity contribution is -0.132. The summed E-state index contributed by atoms with van der Waals surface area (Å²) in [4.78, 5) is 25.4. The minimum absolute atomic E-state index is 0.0200. The summed E-state index contributed by atoms with van der Waals surface area (Å²) in [6.45, 7) is 1.33. The molecule has 6 nitrogen and oxygen atoms in total. The van der Waals surface area contributed by atoms with Gasteiger partial charge in [-0.2, -0.15) is 0 Å². The molecule has 23 heavy (non-hydrogen) atoms. The lowest BCUT2D eigenvalue weighted by Crippen LogP contribution is -2.46. The quantitative estimate of drug-likeness (QED) is 0.774. The van der Waals surface area contributed by atoms with Gasteiger partial charge in [0.2, 0.25) is 0 Å². The van der Waals surface area contributed by atoms with E-state index >= 15 is 0 Å². The van der Waals surface area contributed by atoms with E-state index in [0.717, 1.165) is 17.7 Å². The average Bonchev–Trinajstić information content (AvgIpc) is 3.33. The minimum Gasteiger partial charge on any atom is -0.488 e. The first kappa shape index (κ1) is 15.7. The number of ether oxygens (including phenoxy) is 1. The summed E-state index contributed by atoms with van der Waals surface area (Å²) in [6.07, 6.45) is 0.732. The van der Waals surface area contributed by atoms with Crippen LogP contribution in [0.25, 0.3) is 0 Å². The summed E-state index contributed by atoms with van der Waals surface area (Å²) < 4.78 is 18.6. The van der Waals surface area contributed by atoms with Crippen molar-refractivity contribution in [2.24, 2.45) is 5.92 Å². The van der Waals surface area contributed by atoms with Gasteiger partial charge in [0, 0.05) is 0 Å². The van der Waals surface area contributed by atoms with Crippen LogP contribution >= 0.6 is 0 Å². The van der Waals surface area contributed by atoms with E-state index in [9.17, 15) is 19.1 Å². The molecule has 3 amide bonds. The van der Waals surface area contributed by atoms with E-state index in [1.165, 1.54) is 18.2 Å². The number of imide groups is 1. The Hall–Kier alpha value is -2.15. The van der Waals surface area contributed by atoms with E-state index < -0.39 is 23.5 Å². The van der Waals surface area contributed by atoms with Crippen molar-refractivity contribution in [2.75, 3.05) is 13.2 Å². The third-order valence-electron chi connectivity index (χ3n) is 4.36. The van der Waals surface area contributed by atoms with Crippen molar-refractivity contribution in [3.05, 3.63) is 30.1 Å². The molecule has 1 aromatic rings. The number of β-amino-alcohol motifs (C(OH)–C–C–N with tert-alkyl or cyclic N) is 1. The number of benzene rings is 1. The summed E-state index contributed by atoms with van der Waals surface area (Å²) in [5.74, 6) is -0.673. The van der Waals surface area contributed by atoms with Crippen LogP contribution in [0.3, 0.4) is 0 Å². The van der Waals surface area contributed by atoms with Gasteiger partial charge in [-0.05, 0) is 37.8 Å². The molecule has 3 rings (SSSR count). The van der Waals surface area contributed by atoms with Gasteiger partial charge in [0.1, 0.15) is 18.2 Å². The van der Waals surface area contributed by atoms with E-state index in [1.54, 1.807) is 13.0 Å². The molecule has 2 aliphatic rings. The lowest BCUT2D eigenvalue weighted by Gasteiger charge is -2.22. The first-order chi connectivity index (χ1) is 10.9. The Balaban J connectivity index is 1.57. The van der Waals surface area contributed by atoms with Crippen molar-refractivity contribution in [3.8, 4) is 5.75 Å². The molecule has 0 spiro atoms. The molecule has 1 heterocycles. The number of hydrogen-bond acceptors (Lipinski definition) is 4. The van der Waals surface area contributed by atoms with E-state index in [0.29, 0.717) is 0 Å². The Morgan fingerprint density at radius 3 is 2.78 bits per heavy atom. The van der Waals surface area contributed by atoms with Crippen LogP contribution in [0.2, 0.25) is 0 Å². The summed E-state index contributed by atoms with van der Waals surface area (Å²) in [5, 5.41) is 12.7. The van der Waals surface area contributed by atoms with Crippen molar-refractivity contribution in [2.45, 2.75) is 31.4 Å². The molecule has 7 heteroatoms. The molecule has 1 saturated heterocycles. The molecule has 1 aliphatic carbocycles. The topological polar surface area (TPSA) is 78.9 Å². The van der Waals surface area contributed by atoms with Crippen molar-refractivity contribution < 1.29 is 23.8 Å². The fraction of sp³-hybridized carbons (Fsp3) is 0.500. The van der Waals surface area contributed by atoms with Crippen LogP contribution in [-0.4, -0.2) is 46.7 Å². The summed E-state index contributed by atoms with van der Waals surface area (Å²) in [6, 6.07) is 5.34.